The summed E-state index contributed by atoms with van der Waals surface area (Å²) in [6.45, 7) is 0. The van der Waals surface area contributed by atoms with E-state index in [0.717, 1.165) is 0 Å². The summed E-state index contributed by atoms with van der Waals surface area (Å²) in [5.74, 6) is -3.27. The molecule has 0 fully saturated rings. The highest BCUT2D eigenvalue weighted by molar-refractivity contribution is 6.04. The van der Waals surface area contributed by atoms with Crippen LogP contribution in [0.3, 0.4) is 0 Å². The molecule has 0 amide bonds. The first-order valence-electron chi connectivity index (χ1n) is 33.6. The Bertz CT molecular complexity index is 4950. The predicted octanol–water partition coefficient (Wildman–Crippen LogP) is 13.8. The smallest absolute Gasteiger partial charge is 0.164 e. The first kappa shape index (κ1) is 12.8. The van der Waals surface area contributed by atoms with Gasteiger partial charge in [0.1, 0.15) is 0 Å². The Morgan fingerprint density at radius 1 is 0.250 bits per heavy atom. The van der Waals surface area contributed by atoms with Crippen LogP contribution in [0.15, 0.2) is 211 Å². The molecule has 0 unspecified atom stereocenters. The molecule has 10 aromatic rings. The van der Waals surface area contributed by atoms with Gasteiger partial charge in [-0.15, -0.1) is 0 Å². The maximum absolute atomic E-state index is 10.0. The van der Waals surface area contributed by atoms with E-state index in [4.69, 9.17) is 31.5 Å². The molecule has 262 valence electrons. The van der Waals surface area contributed by atoms with Crippen molar-refractivity contribution in [2.45, 2.75) is 0 Å². The average molecular weight is 749 g/mol. The number of nitrogens with zero attached hydrogens (tertiary/aromatic N) is 3. The van der Waals surface area contributed by atoms with Crippen molar-refractivity contribution >= 4 is 21.5 Å². The molecule has 3 heteroatoms. The van der Waals surface area contributed by atoms with E-state index in [2.05, 4.69) is 15.0 Å². The van der Waals surface area contributed by atoms with Crippen LogP contribution in [0.5, 0.6) is 0 Å². The van der Waals surface area contributed by atoms with Gasteiger partial charge in [-0.2, -0.15) is 0 Å². The van der Waals surface area contributed by atoms with Gasteiger partial charge in [0.05, 0.1) is 48.0 Å². The van der Waals surface area contributed by atoms with Crippen LogP contribution in [0.1, 0.15) is 48.0 Å². The van der Waals surface area contributed by atoms with E-state index < -0.39 is 312 Å². The molecule has 3 nitrogen and oxygen atoms in total. The molecule has 0 aliphatic carbocycles. The number of aromatic nitrogens is 3. The van der Waals surface area contributed by atoms with Gasteiger partial charge in [-0.1, -0.05) is 175 Å². The first-order chi connectivity index (χ1) is 42.3. The van der Waals surface area contributed by atoms with Crippen molar-refractivity contribution in [3.63, 3.8) is 0 Å². The van der Waals surface area contributed by atoms with E-state index in [1.807, 2.05) is 0 Å². The topological polar surface area (TPSA) is 38.7 Å². The minimum Gasteiger partial charge on any atom is -0.208 e. The molecule has 0 radical (unpaired) electrons. The molecular weight excluding hydrogens is 679 g/mol. The zero-order valence-corrected chi connectivity index (χ0v) is 27.8. The second kappa shape index (κ2) is 14.4. The molecule has 0 bridgehead atoms. The SMILES string of the molecule is [2H]c1c([2H])c([2H])c(-c2nc(-c3c([2H])c(-c4c([2H])c([2H])c([2H])c([2H])c4[2H])c([2H])c(-c4c([2H])c([2H])c5c([2H])c(-c6c([2H])c([2H])c([2H])c([2H])c6[2H])c([2H])c([2H])c5c4[2H])c3[2H])nc(-c3c([2H])c([2H])c(-c4c([2H])c([2H])c([2H])c([2H])c4[2H])c4c([2H])c([2H])c([2H])c([2H])c34)n2)c([2H])c1[2H]. The van der Waals surface area contributed by atoms with E-state index in [1.165, 1.54) is 0 Å². The molecule has 0 aliphatic heterocycles. The fourth-order valence-corrected chi connectivity index (χ4v) is 5.45. The zero-order valence-electron chi connectivity index (χ0n) is 62.8. The van der Waals surface area contributed by atoms with Crippen molar-refractivity contribution in [1.82, 2.24) is 15.0 Å². The molecule has 0 saturated heterocycles. The highest BCUT2D eigenvalue weighted by atomic mass is 15.0. The lowest BCUT2D eigenvalue weighted by molar-refractivity contribution is 1.08. The first-order valence-corrected chi connectivity index (χ1v) is 16.1. The van der Waals surface area contributed by atoms with E-state index in [9.17, 15) is 16.4 Å². The third-order valence-corrected chi connectivity index (χ3v) is 7.93. The van der Waals surface area contributed by atoms with Crippen LogP contribution in [-0.4, -0.2) is 15.0 Å². The van der Waals surface area contributed by atoms with Crippen molar-refractivity contribution in [3.8, 4) is 78.7 Å². The third-order valence-electron chi connectivity index (χ3n) is 7.93. The van der Waals surface area contributed by atoms with Crippen LogP contribution < -0.4 is 0 Å². The lowest BCUT2D eigenvalue weighted by atomic mass is 9.93. The Hall–Kier alpha value is -7.49. The summed E-state index contributed by atoms with van der Waals surface area (Å²) < 4.78 is 313. The quantitative estimate of drug-likeness (QED) is 0.163. The maximum Gasteiger partial charge on any atom is 0.164 e. The van der Waals surface area contributed by atoms with E-state index in [-0.39, 0.29) is 0 Å². The lowest BCUT2D eigenvalue weighted by Crippen LogP contribution is -2.01. The fourth-order valence-electron chi connectivity index (χ4n) is 5.45. The van der Waals surface area contributed by atoms with Gasteiger partial charge in [0, 0.05) is 16.7 Å². The van der Waals surface area contributed by atoms with Crippen LogP contribution in [0.4, 0.5) is 0 Å². The molecule has 9 aromatic carbocycles. The van der Waals surface area contributed by atoms with Crippen LogP contribution in [0, 0.1) is 0 Å². The van der Waals surface area contributed by atoms with Crippen LogP contribution in [0.25, 0.3) is 100 Å². The monoisotopic (exact) mass is 749 g/mol. The molecule has 0 atom stereocenters. The highest BCUT2D eigenvalue weighted by Crippen LogP contribution is 2.38. The zero-order chi connectivity index (χ0) is 67.7. The number of rotatable bonds is 7. The summed E-state index contributed by atoms with van der Waals surface area (Å²) >= 11 is 0. The van der Waals surface area contributed by atoms with Crippen molar-refractivity contribution < 1.29 is 48.0 Å². The summed E-state index contributed by atoms with van der Waals surface area (Å²) in [4.78, 5) is 13.1. The average Bonchev–Trinajstić information content (AvgIpc) is 0.743. The van der Waals surface area contributed by atoms with Gasteiger partial charge in [0.2, 0.25) is 0 Å². The summed E-state index contributed by atoms with van der Waals surface area (Å²) in [6.07, 6.45) is 0. The Labute approximate surface area is 375 Å². The van der Waals surface area contributed by atoms with Gasteiger partial charge in [0.15, 0.2) is 17.5 Å². The summed E-state index contributed by atoms with van der Waals surface area (Å²) in [5, 5.41) is -3.30. The number of benzene rings is 9. The normalized spacial score (nSPS) is 20.0. The molecular formula is C53H35N3. The Kier molecular flexibility index (Phi) is 3.29. The molecule has 1 heterocycles. The van der Waals surface area contributed by atoms with Gasteiger partial charge in [-0.3, -0.25) is 0 Å². The Balaban J connectivity index is 1.44. The van der Waals surface area contributed by atoms with E-state index in [0.29, 0.717) is 0 Å². The van der Waals surface area contributed by atoms with Crippen molar-refractivity contribution in [2.24, 2.45) is 0 Å². The Morgan fingerprint density at radius 2 is 0.643 bits per heavy atom. The standard InChI is InChI=1S/C53H35N3/c1-5-15-36(16-6-1)40-25-26-42-32-43(28-27-41(42)31-40)45-33-44(37-17-7-2-8-18-37)34-46(35-45)52-54-51(39-21-11-4-12-22-39)55-53(56-52)50-30-29-47(38-19-9-3-10-20-38)48-23-13-14-24-49(48)50/h1-35H/i1D,2D,3D,4D,5D,6D,7D,8D,9D,10D,11D,12D,13D,14D,15D,16D,17D,18D,19D,20D,21D,22D,23D,24D,25D,26D,27D,28D,29D,30D,31D,32D,33D,34D,35D. The molecule has 0 N–H and O–H groups in total. The van der Waals surface area contributed by atoms with Crippen molar-refractivity contribution in [1.29, 1.82) is 0 Å². The number of hydrogen-bond donors (Lipinski definition) is 0. The summed E-state index contributed by atoms with van der Waals surface area (Å²) in [7, 11) is 0. The minimum absolute atomic E-state index is 0.770. The molecule has 0 spiro atoms. The van der Waals surface area contributed by atoms with Crippen molar-refractivity contribution in [3.05, 3.63) is 211 Å². The van der Waals surface area contributed by atoms with Gasteiger partial charge < -0.3 is 0 Å². The van der Waals surface area contributed by atoms with Gasteiger partial charge in [-0.05, 0) is 102 Å². The van der Waals surface area contributed by atoms with E-state index >= 15 is 0 Å². The molecule has 0 aliphatic rings. The van der Waals surface area contributed by atoms with Gasteiger partial charge in [-0.25, -0.2) is 15.0 Å². The Morgan fingerprint density at radius 3 is 1.23 bits per heavy atom. The molecule has 56 heavy (non-hydrogen) atoms. The molecule has 1 aromatic heterocycles. The third kappa shape index (κ3) is 6.42. The van der Waals surface area contributed by atoms with Crippen LogP contribution >= 0.6 is 0 Å². The van der Waals surface area contributed by atoms with Crippen LogP contribution in [0.2, 0.25) is 0 Å². The van der Waals surface area contributed by atoms with E-state index in [1.54, 1.807) is 0 Å². The lowest BCUT2D eigenvalue weighted by Gasteiger charge is -2.14. The second-order valence-electron chi connectivity index (χ2n) is 11.3. The van der Waals surface area contributed by atoms with Crippen LogP contribution in [-0.2, 0) is 0 Å². The summed E-state index contributed by atoms with van der Waals surface area (Å²) in [6, 6.07) is -36.8. The molecule has 0 saturated carbocycles. The van der Waals surface area contributed by atoms with Gasteiger partial charge >= 0.3 is 0 Å². The fraction of sp³-hybridized carbons (Fsp3) is 0. The molecule has 10 rings (SSSR count). The van der Waals surface area contributed by atoms with Gasteiger partial charge in [0.25, 0.3) is 0 Å². The number of fused-ring (bicyclic) bond motifs is 2. The number of hydrogen-bond acceptors (Lipinski definition) is 3. The highest BCUT2D eigenvalue weighted by Gasteiger charge is 2.18. The second-order valence-corrected chi connectivity index (χ2v) is 11.3. The van der Waals surface area contributed by atoms with Crippen molar-refractivity contribution in [2.75, 3.05) is 0 Å². The largest absolute Gasteiger partial charge is 0.208 e. The maximum atomic E-state index is 10.0. The minimum atomic E-state index is -1.27. The predicted molar refractivity (Wildman–Crippen MR) is 233 cm³/mol. The summed E-state index contributed by atoms with van der Waals surface area (Å²) in [5.41, 5.74) is -10.3.